The third-order valence-corrected chi connectivity index (χ3v) is 3.24. The van der Waals surface area contributed by atoms with Crippen molar-refractivity contribution < 1.29 is 4.74 Å². The van der Waals surface area contributed by atoms with Gasteiger partial charge in [-0.05, 0) is 38.6 Å². The van der Waals surface area contributed by atoms with E-state index in [-0.39, 0.29) is 0 Å². The number of rotatable bonds is 2. The highest BCUT2D eigenvalue weighted by molar-refractivity contribution is 5.01. The molecule has 2 fully saturated rings. The van der Waals surface area contributed by atoms with Crippen molar-refractivity contribution in [1.82, 2.24) is 5.32 Å². The Morgan fingerprint density at radius 3 is 2.36 bits per heavy atom. The zero-order valence-electron chi connectivity index (χ0n) is 7.23. The lowest BCUT2D eigenvalue weighted by molar-refractivity contribution is 0.0322. The molecular formula is C9H17NO. The molecule has 1 N–H and O–H groups in total. The van der Waals surface area contributed by atoms with Gasteiger partial charge in [-0.2, -0.15) is 0 Å². The molecule has 0 spiro atoms. The molecule has 64 valence electrons. The van der Waals surface area contributed by atoms with Gasteiger partial charge in [-0.25, -0.2) is 0 Å². The van der Waals surface area contributed by atoms with Gasteiger partial charge in [0.15, 0.2) is 0 Å². The van der Waals surface area contributed by atoms with Crippen LogP contribution in [0.1, 0.15) is 25.7 Å². The van der Waals surface area contributed by atoms with E-state index in [1.165, 1.54) is 25.7 Å². The molecule has 11 heavy (non-hydrogen) atoms. The summed E-state index contributed by atoms with van der Waals surface area (Å²) in [6, 6.07) is 0. The van der Waals surface area contributed by atoms with Crippen molar-refractivity contribution in [3.05, 3.63) is 0 Å². The van der Waals surface area contributed by atoms with Crippen LogP contribution < -0.4 is 5.32 Å². The summed E-state index contributed by atoms with van der Waals surface area (Å²) in [4.78, 5) is 0. The minimum Gasteiger partial charge on any atom is -0.381 e. The maximum atomic E-state index is 5.36. The van der Waals surface area contributed by atoms with E-state index in [2.05, 4.69) is 12.4 Å². The lowest BCUT2D eigenvalue weighted by atomic mass is 9.85. The summed E-state index contributed by atoms with van der Waals surface area (Å²) < 4.78 is 5.36. The van der Waals surface area contributed by atoms with Gasteiger partial charge in [0.2, 0.25) is 0 Å². The molecule has 0 aromatic rings. The normalized spacial score (nSPS) is 30.3. The lowest BCUT2D eigenvalue weighted by Crippen LogP contribution is -2.49. The molecule has 0 amide bonds. The number of hydrogen-bond donors (Lipinski definition) is 1. The van der Waals surface area contributed by atoms with Crippen LogP contribution in [0, 0.1) is 5.92 Å². The SMILES string of the molecule is CNC1(C2CC2)CCOCC1. The second kappa shape index (κ2) is 2.76. The number of hydrogen-bond acceptors (Lipinski definition) is 2. The molecule has 0 unspecified atom stereocenters. The number of ether oxygens (including phenoxy) is 1. The summed E-state index contributed by atoms with van der Waals surface area (Å²) in [5, 5.41) is 3.50. The first-order valence-electron chi connectivity index (χ1n) is 4.64. The van der Waals surface area contributed by atoms with Crippen molar-refractivity contribution in [3.63, 3.8) is 0 Å². The topological polar surface area (TPSA) is 21.3 Å². The van der Waals surface area contributed by atoms with Gasteiger partial charge in [0.25, 0.3) is 0 Å². The smallest absolute Gasteiger partial charge is 0.0483 e. The van der Waals surface area contributed by atoms with E-state index in [1.807, 2.05) is 0 Å². The van der Waals surface area contributed by atoms with Crippen molar-refractivity contribution in [3.8, 4) is 0 Å². The van der Waals surface area contributed by atoms with Gasteiger partial charge in [0.05, 0.1) is 0 Å². The van der Waals surface area contributed by atoms with Gasteiger partial charge in [-0.15, -0.1) is 0 Å². The zero-order valence-corrected chi connectivity index (χ0v) is 7.23. The van der Waals surface area contributed by atoms with Crippen molar-refractivity contribution >= 4 is 0 Å². The largest absolute Gasteiger partial charge is 0.381 e. The van der Waals surface area contributed by atoms with E-state index >= 15 is 0 Å². The Balaban J connectivity index is 2.01. The third-order valence-electron chi connectivity index (χ3n) is 3.24. The van der Waals surface area contributed by atoms with E-state index in [9.17, 15) is 0 Å². The highest BCUT2D eigenvalue weighted by atomic mass is 16.5. The summed E-state index contributed by atoms with van der Waals surface area (Å²) in [5.41, 5.74) is 0.457. The van der Waals surface area contributed by atoms with Crippen molar-refractivity contribution in [2.45, 2.75) is 31.2 Å². The van der Waals surface area contributed by atoms with Gasteiger partial charge in [-0.1, -0.05) is 0 Å². The van der Waals surface area contributed by atoms with Crippen LogP contribution in [0.15, 0.2) is 0 Å². The molecule has 1 aliphatic carbocycles. The summed E-state index contributed by atoms with van der Waals surface area (Å²) in [7, 11) is 2.10. The Morgan fingerprint density at radius 1 is 1.27 bits per heavy atom. The van der Waals surface area contributed by atoms with Crippen LogP contribution >= 0.6 is 0 Å². The molecule has 2 heteroatoms. The molecule has 1 aliphatic heterocycles. The molecule has 0 radical (unpaired) electrons. The molecule has 2 aliphatic rings. The van der Waals surface area contributed by atoms with Gasteiger partial charge in [0.1, 0.15) is 0 Å². The second-order valence-corrected chi connectivity index (χ2v) is 3.79. The third kappa shape index (κ3) is 1.30. The standard InChI is InChI=1S/C9H17NO/c1-10-9(8-2-3-8)4-6-11-7-5-9/h8,10H,2-7H2,1H3. The monoisotopic (exact) mass is 155 g/mol. The van der Waals surface area contributed by atoms with Crippen LogP contribution in [0.4, 0.5) is 0 Å². The molecule has 0 aromatic heterocycles. The Labute approximate surface area is 68.3 Å². The summed E-state index contributed by atoms with van der Waals surface area (Å²) in [5.74, 6) is 0.955. The molecule has 0 bridgehead atoms. The van der Waals surface area contributed by atoms with Crippen LogP contribution in [0.2, 0.25) is 0 Å². The Bertz CT molecular complexity index is 136. The summed E-state index contributed by atoms with van der Waals surface area (Å²) >= 11 is 0. The second-order valence-electron chi connectivity index (χ2n) is 3.79. The fraction of sp³-hybridized carbons (Fsp3) is 1.00. The highest BCUT2D eigenvalue weighted by Crippen LogP contribution is 2.44. The number of nitrogens with one attached hydrogen (secondary N) is 1. The quantitative estimate of drug-likeness (QED) is 0.646. The summed E-state index contributed by atoms with van der Waals surface area (Å²) in [6.07, 6.45) is 5.30. The van der Waals surface area contributed by atoms with E-state index in [4.69, 9.17) is 4.74 Å². The van der Waals surface area contributed by atoms with Crippen LogP contribution in [0.5, 0.6) is 0 Å². The minimum atomic E-state index is 0.457. The predicted octanol–water partition coefficient (Wildman–Crippen LogP) is 1.17. The molecule has 1 saturated carbocycles. The molecule has 0 aromatic carbocycles. The highest BCUT2D eigenvalue weighted by Gasteiger charge is 2.44. The Morgan fingerprint density at radius 2 is 1.91 bits per heavy atom. The first-order chi connectivity index (χ1) is 5.37. The van der Waals surface area contributed by atoms with Crippen molar-refractivity contribution in [2.24, 2.45) is 5.92 Å². The first-order valence-corrected chi connectivity index (χ1v) is 4.64. The van der Waals surface area contributed by atoms with E-state index in [1.54, 1.807) is 0 Å². The van der Waals surface area contributed by atoms with Crippen LogP contribution in [0.25, 0.3) is 0 Å². The molecule has 1 heterocycles. The molecular weight excluding hydrogens is 138 g/mol. The fourth-order valence-corrected chi connectivity index (χ4v) is 2.23. The molecule has 2 rings (SSSR count). The van der Waals surface area contributed by atoms with Gasteiger partial charge < -0.3 is 10.1 Å². The van der Waals surface area contributed by atoms with Gasteiger partial charge in [0, 0.05) is 18.8 Å². The van der Waals surface area contributed by atoms with Crippen molar-refractivity contribution in [2.75, 3.05) is 20.3 Å². The predicted molar refractivity (Wildman–Crippen MR) is 44.6 cm³/mol. The van der Waals surface area contributed by atoms with Crippen LogP contribution in [-0.4, -0.2) is 25.8 Å². The van der Waals surface area contributed by atoms with E-state index in [0.29, 0.717) is 5.54 Å². The lowest BCUT2D eigenvalue weighted by Gasteiger charge is -2.37. The molecule has 1 saturated heterocycles. The van der Waals surface area contributed by atoms with Gasteiger partial charge in [-0.3, -0.25) is 0 Å². The van der Waals surface area contributed by atoms with Crippen molar-refractivity contribution in [1.29, 1.82) is 0 Å². The Kier molecular flexibility index (Phi) is 1.90. The average molecular weight is 155 g/mol. The fourth-order valence-electron chi connectivity index (χ4n) is 2.23. The van der Waals surface area contributed by atoms with E-state index < -0.39 is 0 Å². The zero-order chi connectivity index (χ0) is 7.73. The maximum absolute atomic E-state index is 5.36. The van der Waals surface area contributed by atoms with E-state index in [0.717, 1.165) is 19.1 Å². The summed E-state index contributed by atoms with van der Waals surface area (Å²) in [6.45, 7) is 1.91. The van der Waals surface area contributed by atoms with Gasteiger partial charge >= 0.3 is 0 Å². The Hall–Kier alpha value is -0.0800. The molecule has 2 nitrogen and oxygen atoms in total. The minimum absolute atomic E-state index is 0.457. The first kappa shape index (κ1) is 7.56. The van der Waals surface area contributed by atoms with Crippen LogP contribution in [0.3, 0.4) is 0 Å². The molecule has 0 atom stereocenters. The average Bonchev–Trinajstić information content (AvgIpc) is 2.88. The maximum Gasteiger partial charge on any atom is 0.0483 e. The van der Waals surface area contributed by atoms with Crippen LogP contribution in [-0.2, 0) is 4.74 Å².